The maximum atomic E-state index is 12.4. The highest BCUT2D eigenvalue weighted by molar-refractivity contribution is 7.13. The van der Waals surface area contributed by atoms with Crippen LogP contribution in [0.5, 0.6) is 5.75 Å². The third-order valence-corrected chi connectivity index (χ3v) is 5.20. The summed E-state index contributed by atoms with van der Waals surface area (Å²) in [7, 11) is 1.62. The van der Waals surface area contributed by atoms with Crippen LogP contribution >= 0.6 is 11.3 Å². The van der Waals surface area contributed by atoms with Crippen molar-refractivity contribution in [1.82, 2.24) is 9.97 Å². The average Bonchev–Trinajstić information content (AvgIpc) is 3.40. The van der Waals surface area contributed by atoms with E-state index in [2.05, 4.69) is 9.97 Å². The molecule has 0 amide bonds. The Morgan fingerprint density at radius 2 is 1.79 bits per heavy atom. The topological polar surface area (TPSA) is 74.5 Å². The van der Waals surface area contributed by atoms with Gasteiger partial charge in [0, 0.05) is 16.5 Å². The number of aromatic nitrogens is 2. The van der Waals surface area contributed by atoms with Crippen LogP contribution in [0, 0.1) is 6.92 Å². The van der Waals surface area contributed by atoms with E-state index < -0.39 is 5.97 Å². The molecule has 0 N–H and O–H groups in total. The summed E-state index contributed by atoms with van der Waals surface area (Å²) in [6, 6.07) is 17.1. The maximum Gasteiger partial charge on any atom is 0.358 e. The Labute approximate surface area is 171 Å². The second-order valence-electron chi connectivity index (χ2n) is 6.23. The van der Waals surface area contributed by atoms with E-state index in [1.54, 1.807) is 19.4 Å². The lowest BCUT2D eigenvalue weighted by atomic mass is 10.2. The van der Waals surface area contributed by atoms with Gasteiger partial charge in [0.2, 0.25) is 5.89 Å². The minimum Gasteiger partial charge on any atom is -0.497 e. The van der Waals surface area contributed by atoms with Crippen molar-refractivity contribution in [3.05, 3.63) is 77.1 Å². The van der Waals surface area contributed by atoms with E-state index in [4.69, 9.17) is 13.9 Å². The van der Waals surface area contributed by atoms with Gasteiger partial charge in [0.25, 0.3) is 0 Å². The number of oxazole rings is 1. The molecular weight excluding hydrogens is 388 g/mol. The summed E-state index contributed by atoms with van der Waals surface area (Å²) < 4.78 is 16.2. The van der Waals surface area contributed by atoms with Crippen LogP contribution in [0.2, 0.25) is 0 Å². The van der Waals surface area contributed by atoms with Gasteiger partial charge in [0.15, 0.2) is 5.69 Å². The third kappa shape index (κ3) is 4.20. The Balaban J connectivity index is 1.43. The van der Waals surface area contributed by atoms with Crippen molar-refractivity contribution in [1.29, 1.82) is 0 Å². The highest BCUT2D eigenvalue weighted by atomic mass is 32.1. The number of ether oxygens (including phenoxy) is 2. The van der Waals surface area contributed by atoms with Crippen LogP contribution in [0.15, 0.2) is 64.4 Å². The molecule has 0 unspecified atom stereocenters. The van der Waals surface area contributed by atoms with Crippen molar-refractivity contribution in [2.75, 3.05) is 7.11 Å². The molecular formula is C22H18N2O4S. The number of benzene rings is 2. The molecule has 0 radical (unpaired) electrons. The van der Waals surface area contributed by atoms with Crippen molar-refractivity contribution in [2.24, 2.45) is 0 Å². The molecule has 146 valence electrons. The fourth-order valence-electron chi connectivity index (χ4n) is 2.71. The molecule has 6 nitrogen and oxygen atoms in total. The number of carbonyl (C=O) groups excluding carboxylic acids is 1. The van der Waals surface area contributed by atoms with Crippen molar-refractivity contribution >= 4 is 17.3 Å². The molecule has 0 atom stereocenters. The highest BCUT2D eigenvalue weighted by Crippen LogP contribution is 2.26. The van der Waals surface area contributed by atoms with Crippen LogP contribution in [-0.2, 0) is 11.3 Å². The minimum absolute atomic E-state index is 0.0242. The Bertz CT molecular complexity index is 1120. The number of rotatable bonds is 6. The van der Waals surface area contributed by atoms with Gasteiger partial charge < -0.3 is 13.9 Å². The summed E-state index contributed by atoms with van der Waals surface area (Å²) in [6.07, 6.45) is 0. The van der Waals surface area contributed by atoms with Crippen LogP contribution in [0.4, 0.5) is 0 Å². The predicted molar refractivity (Wildman–Crippen MR) is 110 cm³/mol. The lowest BCUT2D eigenvalue weighted by molar-refractivity contribution is 0.0461. The number of carbonyl (C=O) groups is 1. The van der Waals surface area contributed by atoms with Crippen molar-refractivity contribution in [2.45, 2.75) is 13.5 Å². The first-order valence-corrected chi connectivity index (χ1v) is 9.81. The fraction of sp³-hybridized carbons (Fsp3) is 0.136. The number of thiazole rings is 1. The number of hydrogen-bond donors (Lipinski definition) is 0. The SMILES string of the molecule is COc1ccc(-c2nc(C(=O)OCc3nc(-c4ccccc4)oc3C)cs2)cc1. The number of methoxy groups -OCH3 is 1. The molecule has 7 heteroatoms. The van der Waals surface area contributed by atoms with Gasteiger partial charge in [0.05, 0.1) is 7.11 Å². The Morgan fingerprint density at radius 1 is 1.03 bits per heavy atom. The van der Waals surface area contributed by atoms with Crippen LogP contribution < -0.4 is 4.74 Å². The second-order valence-corrected chi connectivity index (χ2v) is 7.09. The molecule has 0 saturated carbocycles. The van der Waals surface area contributed by atoms with E-state index in [1.807, 2.05) is 54.6 Å². The summed E-state index contributed by atoms with van der Waals surface area (Å²) in [6.45, 7) is 1.82. The Hall–Kier alpha value is -3.45. The van der Waals surface area contributed by atoms with Crippen LogP contribution in [0.1, 0.15) is 21.9 Å². The van der Waals surface area contributed by atoms with Crippen molar-refractivity contribution in [3.8, 4) is 27.8 Å². The predicted octanol–water partition coefficient (Wildman–Crippen LogP) is 5.14. The second kappa shape index (κ2) is 8.28. The first kappa shape index (κ1) is 18.9. The van der Waals surface area contributed by atoms with Gasteiger partial charge in [-0.15, -0.1) is 11.3 Å². The van der Waals surface area contributed by atoms with E-state index in [0.29, 0.717) is 17.3 Å². The van der Waals surface area contributed by atoms with Gasteiger partial charge in [-0.2, -0.15) is 0 Å². The lowest BCUT2D eigenvalue weighted by Gasteiger charge is -2.01. The quantitative estimate of drug-likeness (QED) is 0.413. The normalized spacial score (nSPS) is 10.7. The molecule has 0 saturated heterocycles. The van der Waals surface area contributed by atoms with E-state index in [-0.39, 0.29) is 12.3 Å². The summed E-state index contributed by atoms with van der Waals surface area (Å²) in [4.78, 5) is 21.2. The average molecular weight is 406 g/mol. The molecule has 0 aliphatic carbocycles. The van der Waals surface area contributed by atoms with E-state index in [9.17, 15) is 4.79 Å². The molecule has 4 rings (SSSR count). The number of nitrogens with zero attached hydrogens (tertiary/aromatic N) is 2. The molecule has 0 aliphatic rings. The smallest absolute Gasteiger partial charge is 0.358 e. The number of aryl methyl sites for hydroxylation is 1. The van der Waals surface area contributed by atoms with Gasteiger partial charge >= 0.3 is 5.97 Å². The molecule has 0 bridgehead atoms. The zero-order valence-electron chi connectivity index (χ0n) is 15.9. The minimum atomic E-state index is -0.496. The molecule has 2 heterocycles. The standard InChI is InChI=1S/C22H18N2O4S/c1-14-18(23-20(28-14)15-6-4-3-5-7-15)12-27-22(25)19-13-29-21(24-19)16-8-10-17(26-2)11-9-16/h3-11,13H,12H2,1-2H3. The van der Waals surface area contributed by atoms with Gasteiger partial charge in [-0.1, -0.05) is 18.2 Å². The Morgan fingerprint density at radius 3 is 2.52 bits per heavy atom. The first-order chi connectivity index (χ1) is 14.1. The Kier molecular flexibility index (Phi) is 5.39. The summed E-state index contributed by atoms with van der Waals surface area (Å²) in [5.41, 5.74) is 2.64. The molecule has 2 aromatic heterocycles. The van der Waals surface area contributed by atoms with Crippen molar-refractivity contribution in [3.63, 3.8) is 0 Å². The monoisotopic (exact) mass is 406 g/mol. The summed E-state index contributed by atoms with van der Waals surface area (Å²) in [5, 5.41) is 2.43. The van der Waals surface area contributed by atoms with Gasteiger partial charge in [0.1, 0.15) is 28.8 Å². The van der Waals surface area contributed by atoms with Crippen molar-refractivity contribution < 1.29 is 18.7 Å². The lowest BCUT2D eigenvalue weighted by Crippen LogP contribution is -2.06. The molecule has 0 spiro atoms. The summed E-state index contributed by atoms with van der Waals surface area (Å²) in [5.74, 6) is 1.39. The van der Waals surface area contributed by atoms with Crippen LogP contribution in [0.25, 0.3) is 22.0 Å². The van der Waals surface area contributed by atoms with Gasteiger partial charge in [-0.3, -0.25) is 0 Å². The first-order valence-electron chi connectivity index (χ1n) is 8.93. The zero-order chi connectivity index (χ0) is 20.2. The van der Waals surface area contributed by atoms with Crippen LogP contribution in [-0.4, -0.2) is 23.0 Å². The zero-order valence-corrected chi connectivity index (χ0v) is 16.7. The molecule has 0 fully saturated rings. The fourth-order valence-corrected chi connectivity index (χ4v) is 3.50. The van der Waals surface area contributed by atoms with Crippen LogP contribution in [0.3, 0.4) is 0 Å². The van der Waals surface area contributed by atoms with E-state index in [1.165, 1.54) is 11.3 Å². The number of hydrogen-bond acceptors (Lipinski definition) is 7. The highest BCUT2D eigenvalue weighted by Gasteiger charge is 2.17. The molecule has 0 aliphatic heterocycles. The molecule has 2 aromatic carbocycles. The van der Waals surface area contributed by atoms with E-state index in [0.717, 1.165) is 21.9 Å². The van der Waals surface area contributed by atoms with Gasteiger partial charge in [-0.05, 0) is 43.3 Å². The summed E-state index contributed by atoms with van der Waals surface area (Å²) >= 11 is 1.38. The van der Waals surface area contributed by atoms with Gasteiger partial charge in [-0.25, -0.2) is 14.8 Å². The maximum absolute atomic E-state index is 12.4. The largest absolute Gasteiger partial charge is 0.497 e. The number of esters is 1. The molecule has 29 heavy (non-hydrogen) atoms. The third-order valence-electron chi connectivity index (χ3n) is 4.30. The molecule has 4 aromatic rings. The van der Waals surface area contributed by atoms with E-state index >= 15 is 0 Å².